The minimum Gasteiger partial charge on any atom is -0.382 e. The first-order chi connectivity index (χ1) is 9.24. The van der Waals surface area contributed by atoms with E-state index < -0.39 is 0 Å². The van der Waals surface area contributed by atoms with Crippen LogP contribution in [0.1, 0.15) is 25.8 Å². The number of hydrogen-bond acceptors (Lipinski definition) is 3. The zero-order chi connectivity index (χ0) is 13.7. The molecule has 2 rings (SSSR count). The Morgan fingerprint density at radius 3 is 2.84 bits per heavy atom. The molecule has 0 saturated carbocycles. The Bertz CT molecular complexity index is 394. The van der Waals surface area contributed by atoms with Crippen molar-refractivity contribution < 1.29 is 4.74 Å². The maximum absolute atomic E-state index is 5.27. The first kappa shape index (κ1) is 14.4. The SMILES string of the molecule is CCN1CC[C@H](Nc2ccccc2COC)[C@H](C)C1. The molecule has 2 atom stereocenters. The summed E-state index contributed by atoms with van der Waals surface area (Å²) in [5.74, 6) is 0.685. The lowest BCUT2D eigenvalue weighted by Gasteiger charge is -2.37. The Labute approximate surface area is 116 Å². The summed E-state index contributed by atoms with van der Waals surface area (Å²) < 4.78 is 5.27. The highest BCUT2D eigenvalue weighted by Gasteiger charge is 2.25. The summed E-state index contributed by atoms with van der Waals surface area (Å²) in [6.07, 6.45) is 1.22. The number of nitrogens with zero attached hydrogens (tertiary/aromatic N) is 1. The van der Waals surface area contributed by atoms with Crippen molar-refractivity contribution in [3.05, 3.63) is 29.8 Å². The first-order valence-electron chi connectivity index (χ1n) is 7.30. The lowest BCUT2D eigenvalue weighted by atomic mass is 9.93. The number of para-hydroxylation sites is 1. The molecule has 1 N–H and O–H groups in total. The molecule has 19 heavy (non-hydrogen) atoms. The zero-order valence-electron chi connectivity index (χ0n) is 12.4. The molecule has 1 aromatic carbocycles. The summed E-state index contributed by atoms with van der Waals surface area (Å²) in [5, 5.41) is 3.72. The molecule has 1 aliphatic heterocycles. The molecule has 0 spiro atoms. The molecule has 3 heteroatoms. The summed E-state index contributed by atoms with van der Waals surface area (Å²) in [6.45, 7) is 8.82. The highest BCUT2D eigenvalue weighted by molar-refractivity contribution is 5.51. The van der Waals surface area contributed by atoms with Crippen LogP contribution in [0.15, 0.2) is 24.3 Å². The fourth-order valence-electron chi connectivity index (χ4n) is 2.88. The molecule has 0 amide bonds. The number of nitrogens with one attached hydrogen (secondary N) is 1. The minimum atomic E-state index is 0.570. The van der Waals surface area contributed by atoms with Crippen LogP contribution in [0.5, 0.6) is 0 Å². The van der Waals surface area contributed by atoms with Gasteiger partial charge in [0.2, 0.25) is 0 Å². The normalized spacial score (nSPS) is 24.4. The fourth-order valence-corrected chi connectivity index (χ4v) is 2.88. The van der Waals surface area contributed by atoms with E-state index in [1.807, 2.05) is 0 Å². The predicted octanol–water partition coefficient (Wildman–Crippen LogP) is 2.98. The van der Waals surface area contributed by atoms with Crippen molar-refractivity contribution in [3.8, 4) is 0 Å². The van der Waals surface area contributed by atoms with Gasteiger partial charge >= 0.3 is 0 Å². The number of hydrogen-bond donors (Lipinski definition) is 1. The zero-order valence-corrected chi connectivity index (χ0v) is 12.4. The van der Waals surface area contributed by atoms with Gasteiger partial charge in [-0.25, -0.2) is 0 Å². The second kappa shape index (κ2) is 6.92. The van der Waals surface area contributed by atoms with Gasteiger partial charge in [0.15, 0.2) is 0 Å². The van der Waals surface area contributed by atoms with Crippen molar-refractivity contribution in [2.75, 3.05) is 32.1 Å². The third-order valence-electron chi connectivity index (χ3n) is 4.09. The standard InChI is InChI=1S/C16H26N2O/c1-4-18-10-9-15(13(2)11-18)17-16-8-6-5-7-14(16)12-19-3/h5-8,13,15,17H,4,9-12H2,1-3H3/t13-,15+/m1/s1. The van der Waals surface area contributed by atoms with Crippen molar-refractivity contribution in [1.82, 2.24) is 4.90 Å². The van der Waals surface area contributed by atoms with Crippen LogP contribution >= 0.6 is 0 Å². The highest BCUT2D eigenvalue weighted by Crippen LogP contribution is 2.23. The molecule has 0 aliphatic carbocycles. The van der Waals surface area contributed by atoms with Gasteiger partial charge in [-0.3, -0.25) is 0 Å². The van der Waals surface area contributed by atoms with Crippen LogP contribution in [-0.2, 0) is 11.3 Å². The van der Waals surface area contributed by atoms with Gasteiger partial charge < -0.3 is 15.0 Å². The van der Waals surface area contributed by atoms with Crippen LogP contribution in [0.3, 0.4) is 0 Å². The van der Waals surface area contributed by atoms with Gasteiger partial charge in [0.25, 0.3) is 0 Å². The molecule has 1 aliphatic rings. The van der Waals surface area contributed by atoms with Gasteiger partial charge in [-0.05, 0) is 24.9 Å². The van der Waals surface area contributed by atoms with E-state index in [1.54, 1.807) is 7.11 Å². The van der Waals surface area contributed by atoms with Gasteiger partial charge in [-0.15, -0.1) is 0 Å². The fraction of sp³-hybridized carbons (Fsp3) is 0.625. The average molecular weight is 262 g/mol. The van der Waals surface area contributed by atoms with Crippen LogP contribution in [0.4, 0.5) is 5.69 Å². The lowest BCUT2D eigenvalue weighted by molar-refractivity contribution is 0.178. The second-order valence-corrected chi connectivity index (χ2v) is 5.50. The van der Waals surface area contributed by atoms with E-state index in [0.717, 1.165) is 6.54 Å². The molecule has 106 valence electrons. The Balaban J connectivity index is 2.01. The number of rotatable bonds is 5. The smallest absolute Gasteiger partial charge is 0.0733 e. The van der Waals surface area contributed by atoms with Crippen LogP contribution in [0.2, 0.25) is 0 Å². The van der Waals surface area contributed by atoms with E-state index in [-0.39, 0.29) is 0 Å². The summed E-state index contributed by atoms with van der Waals surface area (Å²) >= 11 is 0. The topological polar surface area (TPSA) is 24.5 Å². The Morgan fingerprint density at radius 2 is 2.16 bits per heavy atom. The van der Waals surface area contributed by atoms with Gasteiger partial charge in [-0.2, -0.15) is 0 Å². The molecular formula is C16H26N2O. The molecule has 1 saturated heterocycles. The maximum Gasteiger partial charge on any atom is 0.0733 e. The van der Waals surface area contributed by atoms with Crippen molar-refractivity contribution in [1.29, 1.82) is 0 Å². The van der Waals surface area contributed by atoms with Crippen molar-refractivity contribution in [2.24, 2.45) is 5.92 Å². The van der Waals surface area contributed by atoms with E-state index in [0.29, 0.717) is 18.6 Å². The minimum absolute atomic E-state index is 0.570. The highest BCUT2D eigenvalue weighted by atomic mass is 16.5. The first-order valence-corrected chi connectivity index (χ1v) is 7.30. The lowest BCUT2D eigenvalue weighted by Crippen LogP contribution is -2.45. The van der Waals surface area contributed by atoms with E-state index in [9.17, 15) is 0 Å². The number of anilines is 1. The Morgan fingerprint density at radius 1 is 1.37 bits per heavy atom. The number of methoxy groups -OCH3 is 1. The van der Waals surface area contributed by atoms with Crippen molar-refractivity contribution >= 4 is 5.69 Å². The average Bonchev–Trinajstić information content (AvgIpc) is 2.43. The maximum atomic E-state index is 5.27. The molecule has 0 unspecified atom stereocenters. The van der Waals surface area contributed by atoms with Crippen LogP contribution in [0.25, 0.3) is 0 Å². The van der Waals surface area contributed by atoms with E-state index in [4.69, 9.17) is 4.74 Å². The number of ether oxygens (including phenoxy) is 1. The largest absolute Gasteiger partial charge is 0.382 e. The number of piperidine rings is 1. The number of benzene rings is 1. The van der Waals surface area contributed by atoms with Crippen LogP contribution in [-0.4, -0.2) is 37.7 Å². The predicted molar refractivity (Wildman–Crippen MR) is 80.5 cm³/mol. The van der Waals surface area contributed by atoms with Crippen molar-refractivity contribution in [3.63, 3.8) is 0 Å². The van der Waals surface area contributed by atoms with Crippen molar-refractivity contribution in [2.45, 2.75) is 32.9 Å². The van der Waals surface area contributed by atoms with Gasteiger partial charge in [0.05, 0.1) is 6.61 Å². The molecular weight excluding hydrogens is 236 g/mol. The third-order valence-corrected chi connectivity index (χ3v) is 4.09. The van der Waals surface area contributed by atoms with Gasteiger partial charge in [0, 0.05) is 37.5 Å². The summed E-state index contributed by atoms with van der Waals surface area (Å²) in [5.41, 5.74) is 2.47. The Hall–Kier alpha value is -1.06. The molecule has 3 nitrogen and oxygen atoms in total. The van der Waals surface area contributed by atoms with Gasteiger partial charge in [-0.1, -0.05) is 32.0 Å². The number of likely N-dealkylation sites (tertiary alicyclic amines) is 1. The molecule has 1 fully saturated rings. The van der Waals surface area contributed by atoms with Crippen LogP contribution < -0.4 is 5.32 Å². The van der Waals surface area contributed by atoms with E-state index >= 15 is 0 Å². The second-order valence-electron chi connectivity index (χ2n) is 5.50. The summed E-state index contributed by atoms with van der Waals surface area (Å²) in [7, 11) is 1.75. The van der Waals surface area contributed by atoms with Crippen LogP contribution in [0, 0.1) is 5.92 Å². The summed E-state index contributed by atoms with van der Waals surface area (Å²) in [4.78, 5) is 2.53. The van der Waals surface area contributed by atoms with E-state index in [2.05, 4.69) is 48.3 Å². The molecule has 1 heterocycles. The van der Waals surface area contributed by atoms with Gasteiger partial charge in [0.1, 0.15) is 0 Å². The third kappa shape index (κ3) is 3.71. The monoisotopic (exact) mass is 262 g/mol. The molecule has 1 aromatic rings. The summed E-state index contributed by atoms with van der Waals surface area (Å²) in [6, 6.07) is 9.03. The van der Waals surface area contributed by atoms with E-state index in [1.165, 1.54) is 30.8 Å². The molecule has 0 bridgehead atoms. The molecule has 0 aromatic heterocycles. The molecule has 0 radical (unpaired) electrons. The Kier molecular flexibility index (Phi) is 5.23. The quantitative estimate of drug-likeness (QED) is 0.883.